The smallest absolute Gasteiger partial charge is 0.167 e. The van der Waals surface area contributed by atoms with Crippen LogP contribution in [0.2, 0.25) is 0 Å². The maximum atomic E-state index is 4.83. The van der Waals surface area contributed by atoms with Crippen molar-refractivity contribution in [1.29, 1.82) is 0 Å². The van der Waals surface area contributed by atoms with E-state index in [1.54, 1.807) is 0 Å². The molecule has 0 atom stereocenters. The highest BCUT2D eigenvalue weighted by atomic mass is 16.0. The Balaban J connectivity index is 1.83. The van der Waals surface area contributed by atoms with Gasteiger partial charge in [0.25, 0.3) is 5.84 Å². The summed E-state index contributed by atoms with van der Waals surface area (Å²) in [5.41, 5.74) is 7.57. The third kappa shape index (κ3) is 2.78. The quantitative estimate of drug-likeness (QED) is 0.467. The van der Waals surface area contributed by atoms with Crippen molar-refractivity contribution in [2.45, 2.75) is 0 Å². The van der Waals surface area contributed by atoms with E-state index in [-0.39, 0.29) is 0 Å². The molecule has 4 aromatic rings. The molecule has 0 aliphatic carbocycles. The molecule has 0 bridgehead atoms. The molecule has 4 aromatic carbocycles. The Morgan fingerprint density at radius 1 is 0.552 bits per heavy atom. The van der Waals surface area contributed by atoms with Crippen molar-refractivity contribution < 1.29 is 0 Å². The van der Waals surface area contributed by atoms with Gasteiger partial charge in [-0.3, -0.25) is 0 Å². The molecule has 0 saturated carbocycles. The summed E-state index contributed by atoms with van der Waals surface area (Å²) in [5, 5.41) is 6.94. The summed E-state index contributed by atoms with van der Waals surface area (Å²) < 4.78 is 0.315. The van der Waals surface area contributed by atoms with E-state index in [0.717, 1.165) is 28.5 Å². The average molecular weight is 377 g/mol. The summed E-state index contributed by atoms with van der Waals surface area (Å²) in [5.74, 6) is 0.909. The van der Waals surface area contributed by atoms with Gasteiger partial charge in [-0.25, -0.2) is 0 Å². The van der Waals surface area contributed by atoms with E-state index in [1.165, 1.54) is 0 Å². The minimum Gasteiger partial charge on any atom is -0.167 e. The van der Waals surface area contributed by atoms with E-state index in [9.17, 15) is 0 Å². The third-order valence-electron chi connectivity index (χ3n) is 5.15. The highest BCUT2D eigenvalue weighted by Gasteiger charge is 2.52. The first-order chi connectivity index (χ1) is 14.4. The van der Waals surface area contributed by atoms with Crippen molar-refractivity contribution in [2.24, 2.45) is 5.10 Å². The topological polar surface area (TPSA) is 27.6 Å². The summed E-state index contributed by atoms with van der Waals surface area (Å²) in [6, 6.07) is 41.6. The molecule has 0 unspecified atom stereocenters. The molecule has 0 radical (unpaired) electrons. The zero-order valence-corrected chi connectivity index (χ0v) is 15.9. The van der Waals surface area contributed by atoms with Crippen LogP contribution in [-0.4, -0.2) is 5.84 Å². The standard InChI is InChI=1S/C25H21N4/c1-5-13-21(14-6-1)25-26-27-28(22-15-7-2-8-16-22)29(25,23-17-9-3-10-18-23)24-19-11-4-12-20-24/h1-20,27H/q+1. The second-order valence-electron chi connectivity index (χ2n) is 6.86. The number of hydrazine groups is 1. The zero-order valence-electron chi connectivity index (χ0n) is 15.9. The summed E-state index contributed by atoms with van der Waals surface area (Å²) in [6.07, 6.45) is 0. The van der Waals surface area contributed by atoms with Crippen LogP contribution in [0.15, 0.2) is 126 Å². The molecule has 1 aliphatic heterocycles. The number of benzene rings is 4. The lowest BCUT2D eigenvalue weighted by molar-refractivity contribution is 0.480. The number of para-hydroxylation sites is 3. The monoisotopic (exact) mass is 377 g/mol. The number of hydrogen-bond donors (Lipinski definition) is 1. The van der Waals surface area contributed by atoms with Gasteiger partial charge in [-0.2, -0.15) is 5.53 Å². The molecule has 0 fully saturated rings. The Bertz CT molecular complexity index is 1070. The Kier molecular flexibility index (Phi) is 4.31. The molecule has 0 amide bonds. The number of hydrazone groups is 1. The number of quaternary nitrogens is 1. The molecule has 5 rings (SSSR count). The summed E-state index contributed by atoms with van der Waals surface area (Å²) >= 11 is 0. The van der Waals surface area contributed by atoms with Crippen LogP contribution in [0.1, 0.15) is 5.56 Å². The summed E-state index contributed by atoms with van der Waals surface area (Å²) in [7, 11) is 0. The van der Waals surface area contributed by atoms with Gasteiger partial charge in [0.05, 0.1) is 5.56 Å². The molecule has 0 spiro atoms. The van der Waals surface area contributed by atoms with E-state index >= 15 is 0 Å². The molecule has 0 saturated heterocycles. The van der Waals surface area contributed by atoms with E-state index in [4.69, 9.17) is 5.10 Å². The fourth-order valence-electron chi connectivity index (χ4n) is 3.88. The first kappa shape index (κ1) is 17.2. The summed E-state index contributed by atoms with van der Waals surface area (Å²) in [4.78, 5) is 0. The predicted molar refractivity (Wildman–Crippen MR) is 119 cm³/mol. The van der Waals surface area contributed by atoms with Crippen LogP contribution in [0, 0.1) is 0 Å². The maximum Gasteiger partial charge on any atom is 0.290 e. The molecule has 140 valence electrons. The van der Waals surface area contributed by atoms with Gasteiger partial charge in [-0.05, 0) is 24.3 Å². The molecule has 1 aliphatic rings. The highest BCUT2D eigenvalue weighted by molar-refractivity contribution is 6.12. The zero-order chi connectivity index (χ0) is 19.5. The fourth-order valence-corrected chi connectivity index (χ4v) is 3.88. The lowest BCUT2D eigenvalue weighted by Gasteiger charge is -2.39. The second kappa shape index (κ2) is 7.26. The van der Waals surface area contributed by atoms with Crippen LogP contribution in [0.5, 0.6) is 0 Å². The number of nitrogens with zero attached hydrogens (tertiary/aromatic N) is 3. The predicted octanol–water partition coefficient (Wildman–Crippen LogP) is 5.63. The van der Waals surface area contributed by atoms with Crippen LogP contribution < -0.4 is 15.2 Å². The minimum atomic E-state index is 0.315. The maximum absolute atomic E-state index is 4.83. The van der Waals surface area contributed by atoms with Crippen molar-refractivity contribution in [1.82, 2.24) is 10.1 Å². The number of rotatable bonds is 4. The summed E-state index contributed by atoms with van der Waals surface area (Å²) in [6.45, 7) is 0. The van der Waals surface area contributed by atoms with Crippen molar-refractivity contribution >= 4 is 22.9 Å². The lowest BCUT2D eigenvalue weighted by Crippen LogP contribution is -2.61. The average Bonchev–Trinajstić information content (AvgIpc) is 3.23. The number of nitrogens with one attached hydrogen (secondary N) is 1. The number of anilines is 1. The Morgan fingerprint density at radius 2 is 1.00 bits per heavy atom. The van der Waals surface area contributed by atoms with Gasteiger partial charge < -0.3 is 0 Å². The minimum absolute atomic E-state index is 0.315. The van der Waals surface area contributed by atoms with Gasteiger partial charge in [-0.1, -0.05) is 87.6 Å². The molecule has 1 N–H and O–H groups in total. The first-order valence-corrected chi connectivity index (χ1v) is 9.66. The van der Waals surface area contributed by atoms with Crippen LogP contribution in [0.3, 0.4) is 0 Å². The Morgan fingerprint density at radius 3 is 1.52 bits per heavy atom. The van der Waals surface area contributed by atoms with Crippen LogP contribution in [0.25, 0.3) is 0 Å². The molecule has 4 nitrogen and oxygen atoms in total. The number of hydrogen-bond acceptors (Lipinski definition) is 3. The Hall–Kier alpha value is -3.89. The van der Waals surface area contributed by atoms with Gasteiger partial charge in [0.1, 0.15) is 5.69 Å². The van der Waals surface area contributed by atoms with Crippen LogP contribution in [0.4, 0.5) is 17.1 Å². The highest BCUT2D eigenvalue weighted by Crippen LogP contribution is 2.42. The van der Waals surface area contributed by atoms with E-state index < -0.39 is 0 Å². The Labute approximate surface area is 170 Å². The number of amidine groups is 1. The largest absolute Gasteiger partial charge is 0.290 e. The normalized spacial score (nSPS) is 14.9. The van der Waals surface area contributed by atoms with Gasteiger partial charge >= 0.3 is 0 Å². The molecule has 4 heteroatoms. The molecule has 0 aromatic heterocycles. The SMILES string of the molecule is c1ccc(C2=NNN(c3ccccc3)[N+]2(c2ccccc2)c2ccccc2)cc1. The van der Waals surface area contributed by atoms with Crippen molar-refractivity contribution in [3.63, 3.8) is 0 Å². The van der Waals surface area contributed by atoms with E-state index in [2.05, 4.69) is 83.4 Å². The second-order valence-corrected chi connectivity index (χ2v) is 6.86. The van der Waals surface area contributed by atoms with Crippen molar-refractivity contribution in [2.75, 3.05) is 5.12 Å². The van der Waals surface area contributed by atoms with Crippen molar-refractivity contribution in [3.8, 4) is 0 Å². The van der Waals surface area contributed by atoms with Gasteiger partial charge in [0.15, 0.2) is 11.4 Å². The van der Waals surface area contributed by atoms with E-state index in [0.29, 0.717) is 4.59 Å². The molecular weight excluding hydrogens is 356 g/mol. The van der Waals surface area contributed by atoms with Gasteiger partial charge in [-0.15, -0.1) is 0 Å². The van der Waals surface area contributed by atoms with E-state index in [1.807, 2.05) is 48.5 Å². The van der Waals surface area contributed by atoms with Crippen LogP contribution >= 0.6 is 0 Å². The van der Waals surface area contributed by atoms with Crippen molar-refractivity contribution in [3.05, 3.63) is 127 Å². The molecular formula is C25H21N4+. The molecule has 1 heterocycles. The van der Waals surface area contributed by atoms with Crippen LogP contribution in [-0.2, 0) is 0 Å². The first-order valence-electron chi connectivity index (χ1n) is 9.66. The lowest BCUT2D eigenvalue weighted by atomic mass is 10.1. The fraction of sp³-hybridized carbons (Fsp3) is 0. The molecule has 29 heavy (non-hydrogen) atoms. The van der Waals surface area contributed by atoms with Gasteiger partial charge in [0.2, 0.25) is 0 Å². The van der Waals surface area contributed by atoms with Gasteiger partial charge in [0, 0.05) is 24.3 Å². The third-order valence-corrected chi connectivity index (χ3v) is 5.15.